The fourth-order valence-electron chi connectivity index (χ4n) is 2.47. The number of aromatic nitrogens is 2. The molecule has 0 aromatic carbocycles. The van der Waals surface area contributed by atoms with Crippen LogP contribution in [0.15, 0.2) is 18.5 Å². The quantitative estimate of drug-likeness (QED) is 0.754. The van der Waals surface area contributed by atoms with Gasteiger partial charge in [-0.05, 0) is 18.9 Å². The van der Waals surface area contributed by atoms with Gasteiger partial charge in [-0.15, -0.1) is 0 Å². The first kappa shape index (κ1) is 15.8. The van der Waals surface area contributed by atoms with E-state index in [1.54, 1.807) is 15.8 Å². The molecule has 2 heterocycles. The largest absolute Gasteiger partial charge is 0.411 e. The van der Waals surface area contributed by atoms with Gasteiger partial charge in [0.2, 0.25) is 5.91 Å². The Bertz CT molecular complexity index is 448. The van der Waals surface area contributed by atoms with Gasteiger partial charge < -0.3 is 9.64 Å². The van der Waals surface area contributed by atoms with Gasteiger partial charge >= 0.3 is 6.18 Å². The molecule has 1 amide bonds. The topological polar surface area (TPSA) is 47.4 Å². The van der Waals surface area contributed by atoms with Crippen LogP contribution in [-0.4, -0.2) is 52.6 Å². The summed E-state index contributed by atoms with van der Waals surface area (Å²) in [7, 11) is 0. The molecule has 8 heteroatoms. The first-order valence-corrected chi connectivity index (χ1v) is 6.87. The smallest absolute Gasteiger partial charge is 0.372 e. The number of nitrogens with zero attached hydrogens (tertiary/aromatic N) is 3. The maximum Gasteiger partial charge on any atom is 0.411 e. The summed E-state index contributed by atoms with van der Waals surface area (Å²) in [4.78, 5) is 13.8. The number of hydrogen-bond donors (Lipinski definition) is 0. The van der Waals surface area contributed by atoms with Crippen molar-refractivity contribution < 1.29 is 22.7 Å². The Kier molecular flexibility index (Phi) is 5.22. The van der Waals surface area contributed by atoms with Crippen molar-refractivity contribution >= 4 is 5.91 Å². The van der Waals surface area contributed by atoms with Crippen LogP contribution >= 0.6 is 0 Å². The van der Waals surface area contributed by atoms with E-state index < -0.39 is 12.8 Å². The summed E-state index contributed by atoms with van der Waals surface area (Å²) in [5.41, 5.74) is 0. The Morgan fingerprint density at radius 2 is 2.24 bits per heavy atom. The van der Waals surface area contributed by atoms with Gasteiger partial charge in [0.05, 0.1) is 25.6 Å². The minimum Gasteiger partial charge on any atom is -0.372 e. The van der Waals surface area contributed by atoms with Crippen LogP contribution in [0.25, 0.3) is 0 Å². The zero-order valence-electron chi connectivity index (χ0n) is 11.6. The lowest BCUT2D eigenvalue weighted by molar-refractivity contribution is -0.175. The van der Waals surface area contributed by atoms with E-state index in [-0.39, 0.29) is 25.0 Å². The van der Waals surface area contributed by atoms with Crippen LogP contribution < -0.4 is 0 Å². The lowest BCUT2D eigenvalue weighted by atomic mass is 10.2. The molecular weight excluding hydrogens is 287 g/mol. The zero-order chi connectivity index (χ0) is 15.3. The Balaban J connectivity index is 1.75. The summed E-state index contributed by atoms with van der Waals surface area (Å²) >= 11 is 0. The molecule has 0 radical (unpaired) electrons. The molecule has 1 aliphatic heterocycles. The molecule has 0 unspecified atom stereocenters. The molecule has 5 nitrogen and oxygen atoms in total. The van der Waals surface area contributed by atoms with Crippen molar-refractivity contribution in [1.29, 1.82) is 0 Å². The summed E-state index contributed by atoms with van der Waals surface area (Å²) in [5.74, 6) is -0.160. The zero-order valence-corrected chi connectivity index (χ0v) is 11.6. The summed E-state index contributed by atoms with van der Waals surface area (Å²) < 4.78 is 42.0. The van der Waals surface area contributed by atoms with Crippen LogP contribution in [-0.2, 0) is 16.1 Å². The Morgan fingerprint density at radius 1 is 1.43 bits per heavy atom. The van der Waals surface area contributed by atoms with E-state index in [9.17, 15) is 18.0 Å². The molecular formula is C13H18F3N3O2. The fourth-order valence-corrected chi connectivity index (χ4v) is 2.47. The van der Waals surface area contributed by atoms with Crippen molar-refractivity contribution in [1.82, 2.24) is 14.7 Å². The van der Waals surface area contributed by atoms with E-state index >= 15 is 0 Å². The lowest BCUT2D eigenvalue weighted by Gasteiger charge is -2.24. The molecule has 0 bridgehead atoms. The first-order valence-electron chi connectivity index (χ1n) is 6.87. The maximum atomic E-state index is 12.0. The van der Waals surface area contributed by atoms with Gasteiger partial charge in [0.15, 0.2) is 0 Å². The summed E-state index contributed by atoms with van der Waals surface area (Å²) in [6.07, 6.45) is 0.917. The average Bonchev–Trinajstić information content (AvgIpc) is 3.05. The Labute approximate surface area is 120 Å². The standard InChI is InChI=1S/C13H18F3N3O2/c14-13(15,16)10-21-8-4-12(20)19-7-1-3-11(19)9-18-6-2-5-17-18/h2,5-6,11H,1,3-4,7-10H2/t11-/m1/s1. The number of rotatable bonds is 6. The van der Waals surface area contributed by atoms with Gasteiger partial charge in [0.1, 0.15) is 6.61 Å². The van der Waals surface area contributed by atoms with E-state index in [0.717, 1.165) is 12.8 Å². The predicted molar refractivity (Wildman–Crippen MR) is 68.5 cm³/mol. The molecule has 1 aromatic heterocycles. The van der Waals surface area contributed by atoms with Crippen LogP contribution in [0.2, 0.25) is 0 Å². The summed E-state index contributed by atoms with van der Waals surface area (Å²) in [5, 5.41) is 4.10. The van der Waals surface area contributed by atoms with Gasteiger partial charge in [-0.1, -0.05) is 0 Å². The third-order valence-electron chi connectivity index (χ3n) is 3.38. The van der Waals surface area contributed by atoms with Crippen LogP contribution in [0.5, 0.6) is 0 Å². The highest BCUT2D eigenvalue weighted by Gasteiger charge is 2.30. The molecule has 1 fully saturated rings. The van der Waals surface area contributed by atoms with Gasteiger partial charge in [-0.3, -0.25) is 9.48 Å². The Morgan fingerprint density at radius 3 is 2.90 bits per heavy atom. The first-order chi connectivity index (χ1) is 9.96. The number of amides is 1. The van der Waals surface area contributed by atoms with Crippen molar-refractivity contribution in [3.63, 3.8) is 0 Å². The van der Waals surface area contributed by atoms with Crippen molar-refractivity contribution in [2.24, 2.45) is 0 Å². The summed E-state index contributed by atoms with van der Waals surface area (Å²) in [6.45, 7) is -0.257. The van der Waals surface area contributed by atoms with E-state index in [4.69, 9.17) is 0 Å². The van der Waals surface area contributed by atoms with Crippen molar-refractivity contribution in [2.45, 2.75) is 38.0 Å². The highest BCUT2D eigenvalue weighted by molar-refractivity contribution is 5.76. The molecule has 118 valence electrons. The van der Waals surface area contributed by atoms with E-state index in [2.05, 4.69) is 9.84 Å². The van der Waals surface area contributed by atoms with Gasteiger partial charge in [0.25, 0.3) is 0 Å². The maximum absolute atomic E-state index is 12.0. The number of halogens is 3. The minimum absolute atomic E-state index is 0.0221. The second-order valence-corrected chi connectivity index (χ2v) is 5.03. The molecule has 1 atom stereocenters. The number of likely N-dealkylation sites (tertiary alicyclic amines) is 1. The molecule has 2 rings (SSSR count). The number of carbonyl (C=O) groups is 1. The normalized spacial score (nSPS) is 19.2. The third kappa shape index (κ3) is 5.04. The average molecular weight is 305 g/mol. The molecule has 1 aliphatic rings. The third-order valence-corrected chi connectivity index (χ3v) is 3.38. The molecule has 0 saturated carbocycles. The molecule has 0 aliphatic carbocycles. The fraction of sp³-hybridized carbons (Fsp3) is 0.692. The molecule has 0 N–H and O–H groups in total. The van der Waals surface area contributed by atoms with Crippen LogP contribution in [0.1, 0.15) is 19.3 Å². The van der Waals surface area contributed by atoms with Crippen LogP contribution in [0, 0.1) is 0 Å². The molecule has 1 saturated heterocycles. The van der Waals surface area contributed by atoms with Crippen LogP contribution in [0.4, 0.5) is 13.2 Å². The number of carbonyl (C=O) groups excluding carboxylic acids is 1. The van der Waals surface area contributed by atoms with Gasteiger partial charge in [0, 0.05) is 18.9 Å². The second kappa shape index (κ2) is 6.93. The monoisotopic (exact) mass is 305 g/mol. The van der Waals surface area contributed by atoms with E-state index in [0.29, 0.717) is 13.1 Å². The van der Waals surface area contributed by atoms with Gasteiger partial charge in [-0.2, -0.15) is 18.3 Å². The minimum atomic E-state index is -4.35. The highest BCUT2D eigenvalue weighted by atomic mass is 19.4. The Hall–Kier alpha value is -1.57. The van der Waals surface area contributed by atoms with Crippen molar-refractivity contribution in [2.75, 3.05) is 19.8 Å². The van der Waals surface area contributed by atoms with Crippen molar-refractivity contribution in [3.05, 3.63) is 18.5 Å². The number of hydrogen-bond acceptors (Lipinski definition) is 3. The highest BCUT2D eigenvalue weighted by Crippen LogP contribution is 2.20. The van der Waals surface area contributed by atoms with Crippen LogP contribution in [0.3, 0.4) is 0 Å². The van der Waals surface area contributed by atoms with E-state index in [1.165, 1.54) is 0 Å². The van der Waals surface area contributed by atoms with Gasteiger partial charge in [-0.25, -0.2) is 0 Å². The molecule has 0 spiro atoms. The van der Waals surface area contributed by atoms with Crippen molar-refractivity contribution in [3.8, 4) is 0 Å². The number of ether oxygens (including phenoxy) is 1. The lowest BCUT2D eigenvalue weighted by Crippen LogP contribution is -2.38. The molecule has 1 aromatic rings. The molecule has 21 heavy (non-hydrogen) atoms. The summed E-state index contributed by atoms with van der Waals surface area (Å²) in [6, 6.07) is 1.87. The number of alkyl halides is 3. The SMILES string of the molecule is O=C(CCOCC(F)(F)F)N1CCC[C@@H]1Cn1cccn1. The predicted octanol–water partition coefficient (Wildman–Crippen LogP) is 1.84. The second-order valence-electron chi connectivity index (χ2n) is 5.03. The van der Waals surface area contributed by atoms with E-state index in [1.807, 2.05) is 12.3 Å².